The Morgan fingerprint density at radius 3 is 1.73 bits per heavy atom. The van der Waals surface area contributed by atoms with Gasteiger partial charge in [-0.15, -0.1) is 0 Å². The summed E-state index contributed by atoms with van der Waals surface area (Å²) in [5.74, 6) is -5.83. The Bertz CT molecular complexity index is 683. The van der Waals surface area contributed by atoms with Crippen molar-refractivity contribution < 1.29 is 31.1 Å². The average molecular weight is 450 g/mol. The second-order valence-electron chi connectivity index (χ2n) is 4.07. The molecule has 22 heavy (non-hydrogen) atoms. The third kappa shape index (κ3) is 3.57. The molecule has 9 heteroatoms. The Morgan fingerprint density at radius 1 is 0.773 bits per heavy atom. The molecule has 0 aromatic heterocycles. The van der Waals surface area contributed by atoms with Crippen LogP contribution in [0.15, 0.2) is 33.2 Å². The summed E-state index contributed by atoms with van der Waals surface area (Å²) in [4.78, 5) is 0. The van der Waals surface area contributed by atoms with Gasteiger partial charge < -0.3 is 4.74 Å². The SMILES string of the molecule is Fc1cc(C(F)(F)F)cc(F)c1Oc1c(F)cc(Br)cc1Br. The predicted octanol–water partition coefficient (Wildman–Crippen LogP) is 6.44. The fourth-order valence-electron chi connectivity index (χ4n) is 1.55. The third-order valence-electron chi connectivity index (χ3n) is 2.49. The summed E-state index contributed by atoms with van der Waals surface area (Å²) in [5.41, 5.74) is -1.51. The van der Waals surface area contributed by atoms with Gasteiger partial charge in [-0.3, -0.25) is 0 Å². The zero-order valence-electron chi connectivity index (χ0n) is 10.2. The van der Waals surface area contributed by atoms with Crippen LogP contribution in [0.2, 0.25) is 0 Å². The first-order valence-corrected chi connectivity index (χ1v) is 7.07. The number of hydrogen-bond donors (Lipinski definition) is 0. The lowest BCUT2D eigenvalue weighted by molar-refractivity contribution is -0.138. The van der Waals surface area contributed by atoms with Crippen molar-refractivity contribution in [2.24, 2.45) is 0 Å². The minimum Gasteiger partial charge on any atom is -0.447 e. The maximum atomic E-state index is 13.7. The lowest BCUT2D eigenvalue weighted by atomic mass is 10.2. The van der Waals surface area contributed by atoms with Gasteiger partial charge in [-0.1, -0.05) is 15.9 Å². The molecule has 0 unspecified atom stereocenters. The van der Waals surface area contributed by atoms with E-state index < -0.39 is 40.7 Å². The van der Waals surface area contributed by atoms with Crippen molar-refractivity contribution >= 4 is 31.9 Å². The summed E-state index contributed by atoms with van der Waals surface area (Å²) in [6.45, 7) is 0. The van der Waals surface area contributed by atoms with Crippen molar-refractivity contribution in [1.82, 2.24) is 0 Å². The fraction of sp³-hybridized carbons (Fsp3) is 0.0769. The van der Waals surface area contributed by atoms with Crippen molar-refractivity contribution in [3.8, 4) is 11.5 Å². The molecule has 0 aliphatic rings. The summed E-state index contributed by atoms with van der Waals surface area (Å²) in [5, 5.41) is 0. The van der Waals surface area contributed by atoms with Crippen LogP contribution in [0.3, 0.4) is 0 Å². The van der Waals surface area contributed by atoms with Gasteiger partial charge in [0.1, 0.15) is 0 Å². The molecule has 1 nitrogen and oxygen atoms in total. The van der Waals surface area contributed by atoms with Crippen LogP contribution in [0.4, 0.5) is 26.3 Å². The Hall–Kier alpha value is -1.22. The molecule has 2 aromatic rings. The number of ether oxygens (including phenoxy) is 1. The van der Waals surface area contributed by atoms with E-state index in [1.54, 1.807) is 0 Å². The van der Waals surface area contributed by atoms with Gasteiger partial charge in [0, 0.05) is 4.47 Å². The molecule has 0 bridgehead atoms. The maximum absolute atomic E-state index is 13.7. The quantitative estimate of drug-likeness (QED) is 0.479. The smallest absolute Gasteiger partial charge is 0.416 e. The molecule has 0 amide bonds. The van der Waals surface area contributed by atoms with Gasteiger partial charge in [0.05, 0.1) is 10.0 Å². The highest BCUT2D eigenvalue weighted by atomic mass is 79.9. The minimum absolute atomic E-state index is 0.0260. The van der Waals surface area contributed by atoms with Crippen molar-refractivity contribution in [3.05, 3.63) is 56.2 Å². The van der Waals surface area contributed by atoms with Gasteiger partial charge in [-0.25, -0.2) is 13.2 Å². The summed E-state index contributed by atoms with van der Waals surface area (Å²) in [6, 6.07) is 2.46. The maximum Gasteiger partial charge on any atom is 0.416 e. The summed E-state index contributed by atoms with van der Waals surface area (Å²) in [7, 11) is 0. The zero-order chi connectivity index (χ0) is 16.7. The van der Waals surface area contributed by atoms with Crippen LogP contribution in [-0.2, 0) is 6.18 Å². The van der Waals surface area contributed by atoms with Crippen molar-refractivity contribution in [2.75, 3.05) is 0 Å². The highest BCUT2D eigenvalue weighted by molar-refractivity contribution is 9.11. The van der Waals surface area contributed by atoms with E-state index in [1.807, 2.05) is 0 Å². The van der Waals surface area contributed by atoms with Crippen LogP contribution in [0, 0.1) is 17.5 Å². The standard InChI is InChI=1S/C13H4Br2F6O/c14-6-3-7(15)11(10(18)4-6)22-12-8(16)1-5(2-9(12)17)13(19,20)21/h1-4H. The van der Waals surface area contributed by atoms with E-state index in [2.05, 4.69) is 31.9 Å². The Balaban J connectivity index is 2.48. The van der Waals surface area contributed by atoms with E-state index in [0.717, 1.165) is 6.07 Å². The van der Waals surface area contributed by atoms with E-state index in [1.165, 1.54) is 6.07 Å². The van der Waals surface area contributed by atoms with Gasteiger partial charge in [0.2, 0.25) is 0 Å². The Kier molecular flexibility index (Phi) is 4.76. The number of hydrogen-bond acceptors (Lipinski definition) is 1. The van der Waals surface area contributed by atoms with Crippen molar-refractivity contribution in [2.45, 2.75) is 6.18 Å². The molecule has 0 fully saturated rings. The van der Waals surface area contributed by atoms with Crippen molar-refractivity contribution in [3.63, 3.8) is 0 Å². The normalized spacial score (nSPS) is 11.6. The molecular weight excluding hydrogens is 446 g/mol. The van der Waals surface area contributed by atoms with Crippen molar-refractivity contribution in [1.29, 1.82) is 0 Å². The molecule has 0 heterocycles. The summed E-state index contributed by atoms with van der Waals surface area (Å²) < 4.78 is 83.5. The van der Waals surface area contributed by atoms with E-state index in [4.69, 9.17) is 4.74 Å². The van der Waals surface area contributed by atoms with E-state index >= 15 is 0 Å². The third-order valence-corrected chi connectivity index (χ3v) is 3.54. The molecule has 0 N–H and O–H groups in total. The largest absolute Gasteiger partial charge is 0.447 e. The fourth-order valence-corrected chi connectivity index (χ4v) is 2.80. The Labute approximate surface area is 137 Å². The highest BCUT2D eigenvalue weighted by Gasteiger charge is 2.33. The molecular formula is C13H4Br2F6O. The number of halogens is 8. The van der Waals surface area contributed by atoms with Gasteiger partial charge in [0.25, 0.3) is 0 Å². The second kappa shape index (κ2) is 6.11. The van der Waals surface area contributed by atoms with Gasteiger partial charge in [-0.2, -0.15) is 13.2 Å². The van der Waals surface area contributed by atoms with Crippen LogP contribution in [0.5, 0.6) is 11.5 Å². The van der Waals surface area contributed by atoms with E-state index in [-0.39, 0.29) is 16.6 Å². The van der Waals surface area contributed by atoms with Crippen LogP contribution < -0.4 is 4.74 Å². The van der Waals surface area contributed by atoms with Crippen LogP contribution in [0.25, 0.3) is 0 Å². The number of alkyl halides is 3. The lowest BCUT2D eigenvalue weighted by Gasteiger charge is -2.13. The molecule has 0 radical (unpaired) electrons. The molecule has 2 aromatic carbocycles. The zero-order valence-corrected chi connectivity index (χ0v) is 13.4. The van der Waals surface area contributed by atoms with Gasteiger partial charge in [0.15, 0.2) is 29.0 Å². The Morgan fingerprint density at radius 2 is 1.27 bits per heavy atom. The number of benzene rings is 2. The molecule has 2 rings (SSSR count). The first-order chi connectivity index (χ1) is 10.1. The molecule has 0 aliphatic heterocycles. The second-order valence-corrected chi connectivity index (χ2v) is 5.84. The molecule has 0 saturated heterocycles. The van der Waals surface area contributed by atoms with E-state index in [0.29, 0.717) is 4.47 Å². The molecule has 0 atom stereocenters. The van der Waals surface area contributed by atoms with Crippen LogP contribution in [-0.4, -0.2) is 0 Å². The van der Waals surface area contributed by atoms with E-state index in [9.17, 15) is 26.3 Å². The molecule has 0 saturated carbocycles. The number of rotatable bonds is 2. The minimum atomic E-state index is -4.91. The van der Waals surface area contributed by atoms with Gasteiger partial charge >= 0.3 is 6.18 Å². The first-order valence-electron chi connectivity index (χ1n) is 5.48. The topological polar surface area (TPSA) is 9.23 Å². The predicted molar refractivity (Wildman–Crippen MR) is 73.2 cm³/mol. The first kappa shape index (κ1) is 17.1. The molecule has 0 spiro atoms. The molecule has 0 aliphatic carbocycles. The molecule has 118 valence electrons. The average Bonchev–Trinajstić information content (AvgIpc) is 2.34. The van der Waals surface area contributed by atoms with Crippen LogP contribution >= 0.6 is 31.9 Å². The van der Waals surface area contributed by atoms with Gasteiger partial charge in [-0.05, 0) is 40.2 Å². The highest BCUT2D eigenvalue weighted by Crippen LogP contribution is 2.39. The monoisotopic (exact) mass is 448 g/mol. The lowest BCUT2D eigenvalue weighted by Crippen LogP contribution is -2.07. The summed E-state index contributed by atoms with van der Waals surface area (Å²) >= 11 is 5.92. The van der Waals surface area contributed by atoms with Crippen LogP contribution in [0.1, 0.15) is 5.56 Å². The summed E-state index contributed by atoms with van der Waals surface area (Å²) in [6.07, 6.45) is -4.91.